The maximum absolute atomic E-state index is 2.36. The fraction of sp³-hybridized carbons (Fsp3) is 0.176. The average molecular weight is 218 g/mol. The van der Waals surface area contributed by atoms with Gasteiger partial charge in [-0.2, -0.15) is 0 Å². The normalized spacial score (nSPS) is 19.9. The van der Waals surface area contributed by atoms with Crippen LogP contribution in [0.15, 0.2) is 53.6 Å². The van der Waals surface area contributed by atoms with Crippen molar-refractivity contribution in [1.82, 2.24) is 0 Å². The summed E-state index contributed by atoms with van der Waals surface area (Å²) in [5, 5.41) is 0. The SMILES string of the molecule is C1=Cc2c(cccc2C2=C3CCC=C3C=C2)C1. The molecule has 0 bridgehead atoms. The number of benzene rings is 1. The van der Waals surface area contributed by atoms with Crippen LogP contribution < -0.4 is 0 Å². The Morgan fingerprint density at radius 1 is 1.00 bits per heavy atom. The average Bonchev–Trinajstić information content (AvgIpc) is 3.04. The zero-order valence-corrected chi connectivity index (χ0v) is 9.74. The van der Waals surface area contributed by atoms with Crippen LogP contribution in [0.5, 0.6) is 0 Å². The Hall–Kier alpha value is -1.82. The predicted octanol–water partition coefficient (Wildman–Crippen LogP) is 4.30. The summed E-state index contributed by atoms with van der Waals surface area (Å²) in [6.07, 6.45) is 15.0. The topological polar surface area (TPSA) is 0 Å². The molecule has 0 heterocycles. The van der Waals surface area contributed by atoms with Gasteiger partial charge in [-0.25, -0.2) is 0 Å². The third-order valence-corrected chi connectivity index (χ3v) is 3.97. The van der Waals surface area contributed by atoms with Crippen LogP contribution in [0.1, 0.15) is 29.5 Å². The molecule has 1 aromatic rings. The minimum Gasteiger partial charge on any atom is -0.0795 e. The minimum absolute atomic E-state index is 1.10. The van der Waals surface area contributed by atoms with Crippen LogP contribution in [0, 0.1) is 0 Å². The molecule has 0 nitrogen and oxygen atoms in total. The summed E-state index contributed by atoms with van der Waals surface area (Å²) in [5.41, 5.74) is 8.80. The highest BCUT2D eigenvalue weighted by Crippen LogP contribution is 2.41. The first kappa shape index (κ1) is 9.23. The summed E-state index contributed by atoms with van der Waals surface area (Å²) < 4.78 is 0. The van der Waals surface area contributed by atoms with Gasteiger partial charge in [-0.15, -0.1) is 0 Å². The van der Waals surface area contributed by atoms with Crippen LogP contribution in [-0.2, 0) is 6.42 Å². The second kappa shape index (κ2) is 3.33. The van der Waals surface area contributed by atoms with E-state index in [-0.39, 0.29) is 0 Å². The largest absolute Gasteiger partial charge is 0.0795 e. The van der Waals surface area contributed by atoms with E-state index in [1.54, 1.807) is 5.57 Å². The molecule has 0 amide bonds. The Labute approximate surface area is 102 Å². The fourth-order valence-electron chi connectivity index (χ4n) is 3.15. The van der Waals surface area contributed by atoms with E-state index in [0.717, 1.165) is 6.42 Å². The molecule has 17 heavy (non-hydrogen) atoms. The summed E-state index contributed by atoms with van der Waals surface area (Å²) >= 11 is 0. The fourth-order valence-corrected chi connectivity index (χ4v) is 3.15. The van der Waals surface area contributed by atoms with Crippen LogP contribution in [0.3, 0.4) is 0 Å². The minimum atomic E-state index is 1.10. The van der Waals surface area contributed by atoms with Gasteiger partial charge in [0.2, 0.25) is 0 Å². The third kappa shape index (κ3) is 1.24. The van der Waals surface area contributed by atoms with Gasteiger partial charge in [0.25, 0.3) is 0 Å². The lowest BCUT2D eigenvalue weighted by Gasteiger charge is -2.10. The first-order valence-electron chi connectivity index (χ1n) is 6.34. The highest BCUT2D eigenvalue weighted by Gasteiger charge is 2.21. The van der Waals surface area contributed by atoms with Crippen molar-refractivity contribution in [3.8, 4) is 0 Å². The maximum atomic E-state index is 2.36. The van der Waals surface area contributed by atoms with Gasteiger partial charge in [-0.3, -0.25) is 0 Å². The third-order valence-electron chi connectivity index (χ3n) is 3.97. The molecule has 0 saturated heterocycles. The van der Waals surface area contributed by atoms with E-state index in [4.69, 9.17) is 0 Å². The van der Waals surface area contributed by atoms with Gasteiger partial charge in [0.05, 0.1) is 0 Å². The Kier molecular flexibility index (Phi) is 1.81. The summed E-state index contributed by atoms with van der Waals surface area (Å²) in [5.74, 6) is 0. The van der Waals surface area contributed by atoms with Crippen molar-refractivity contribution in [1.29, 1.82) is 0 Å². The number of allylic oxidation sites excluding steroid dienone is 7. The van der Waals surface area contributed by atoms with Gasteiger partial charge < -0.3 is 0 Å². The molecule has 0 aromatic heterocycles. The molecular formula is C17H14. The summed E-state index contributed by atoms with van der Waals surface area (Å²) in [4.78, 5) is 0. The van der Waals surface area contributed by atoms with E-state index >= 15 is 0 Å². The molecule has 3 aliphatic rings. The molecule has 0 aliphatic heterocycles. The zero-order valence-electron chi connectivity index (χ0n) is 9.74. The molecule has 0 heteroatoms. The summed E-state index contributed by atoms with van der Waals surface area (Å²) in [7, 11) is 0. The first-order chi connectivity index (χ1) is 8.43. The van der Waals surface area contributed by atoms with Crippen LogP contribution in [0.2, 0.25) is 0 Å². The Morgan fingerprint density at radius 2 is 2.00 bits per heavy atom. The quantitative estimate of drug-likeness (QED) is 0.659. The molecule has 0 N–H and O–H groups in total. The van der Waals surface area contributed by atoms with E-state index in [2.05, 4.69) is 48.6 Å². The van der Waals surface area contributed by atoms with Crippen molar-refractivity contribution in [2.24, 2.45) is 0 Å². The van der Waals surface area contributed by atoms with Gasteiger partial charge in [0.15, 0.2) is 0 Å². The van der Waals surface area contributed by atoms with Gasteiger partial charge in [0.1, 0.15) is 0 Å². The van der Waals surface area contributed by atoms with Gasteiger partial charge >= 0.3 is 0 Å². The van der Waals surface area contributed by atoms with E-state index in [0.29, 0.717) is 0 Å². The molecule has 0 fully saturated rings. The van der Waals surface area contributed by atoms with Crippen LogP contribution >= 0.6 is 0 Å². The van der Waals surface area contributed by atoms with Gasteiger partial charge in [-0.1, -0.05) is 48.6 Å². The van der Waals surface area contributed by atoms with Crippen molar-refractivity contribution >= 4 is 11.6 Å². The van der Waals surface area contributed by atoms with E-state index in [9.17, 15) is 0 Å². The standard InChI is InChI=1S/C17H14/c1-4-12-5-3-9-16(14(12)7-1)17-11-10-13-6-2-8-15(13)17/h1,3,5-7,9-11H,2,4,8H2. The molecule has 0 radical (unpaired) electrons. The molecule has 0 atom stereocenters. The van der Waals surface area contributed by atoms with E-state index in [1.165, 1.54) is 40.7 Å². The monoisotopic (exact) mass is 218 g/mol. The zero-order chi connectivity index (χ0) is 11.2. The molecule has 82 valence electrons. The van der Waals surface area contributed by atoms with E-state index in [1.807, 2.05) is 0 Å². The molecular weight excluding hydrogens is 204 g/mol. The Balaban J connectivity index is 1.95. The molecule has 0 saturated carbocycles. The highest BCUT2D eigenvalue weighted by atomic mass is 14.3. The number of fused-ring (bicyclic) bond motifs is 2. The summed E-state index contributed by atoms with van der Waals surface area (Å²) in [6, 6.07) is 6.70. The van der Waals surface area contributed by atoms with Gasteiger partial charge in [-0.05, 0) is 52.7 Å². The van der Waals surface area contributed by atoms with Gasteiger partial charge in [0, 0.05) is 0 Å². The van der Waals surface area contributed by atoms with Crippen LogP contribution in [-0.4, -0.2) is 0 Å². The molecule has 0 unspecified atom stereocenters. The molecule has 1 aromatic carbocycles. The van der Waals surface area contributed by atoms with Crippen LogP contribution in [0.25, 0.3) is 11.6 Å². The van der Waals surface area contributed by atoms with Crippen molar-refractivity contribution in [3.05, 3.63) is 70.3 Å². The number of hydrogen-bond donors (Lipinski definition) is 0. The predicted molar refractivity (Wildman–Crippen MR) is 72.6 cm³/mol. The molecule has 0 spiro atoms. The Bertz CT molecular complexity index is 621. The van der Waals surface area contributed by atoms with Crippen molar-refractivity contribution < 1.29 is 0 Å². The summed E-state index contributed by atoms with van der Waals surface area (Å²) in [6.45, 7) is 0. The second-order valence-electron chi connectivity index (χ2n) is 4.91. The lowest BCUT2D eigenvalue weighted by molar-refractivity contribution is 1.07. The Morgan fingerprint density at radius 3 is 3.00 bits per heavy atom. The lowest BCUT2D eigenvalue weighted by Crippen LogP contribution is -1.91. The van der Waals surface area contributed by atoms with Crippen molar-refractivity contribution in [2.45, 2.75) is 19.3 Å². The van der Waals surface area contributed by atoms with E-state index < -0.39 is 0 Å². The van der Waals surface area contributed by atoms with Crippen molar-refractivity contribution in [3.63, 3.8) is 0 Å². The second-order valence-corrected chi connectivity index (χ2v) is 4.91. The number of rotatable bonds is 1. The molecule has 4 rings (SSSR count). The smallest absolute Gasteiger partial charge is 0.00879 e. The number of hydrogen-bond acceptors (Lipinski definition) is 0. The lowest BCUT2D eigenvalue weighted by atomic mass is 9.94. The first-order valence-corrected chi connectivity index (χ1v) is 6.34. The maximum Gasteiger partial charge on any atom is -0.00879 e. The molecule has 3 aliphatic carbocycles. The van der Waals surface area contributed by atoms with Crippen molar-refractivity contribution in [2.75, 3.05) is 0 Å². The van der Waals surface area contributed by atoms with Crippen LogP contribution in [0.4, 0.5) is 0 Å². The highest BCUT2D eigenvalue weighted by molar-refractivity contribution is 5.90.